The zero-order valence-corrected chi connectivity index (χ0v) is 17.5. The number of anilines is 1. The van der Waals surface area contributed by atoms with E-state index >= 15 is 0 Å². The number of carbonyl (C=O) groups is 1. The Kier molecular flexibility index (Phi) is 5.15. The maximum Gasteiger partial charge on any atom is 0.410 e. The van der Waals surface area contributed by atoms with Gasteiger partial charge in [0.1, 0.15) is 11.4 Å². The zero-order valence-electron chi connectivity index (χ0n) is 17.5. The van der Waals surface area contributed by atoms with Crippen molar-refractivity contribution in [1.29, 1.82) is 0 Å². The molecule has 1 saturated heterocycles. The molecule has 1 N–H and O–H groups in total. The van der Waals surface area contributed by atoms with Crippen LogP contribution in [-0.4, -0.2) is 67.8 Å². The molecule has 0 saturated carbocycles. The van der Waals surface area contributed by atoms with E-state index in [4.69, 9.17) is 9.47 Å². The molecule has 3 aromatic rings. The van der Waals surface area contributed by atoms with Gasteiger partial charge in [-0.3, -0.25) is 0 Å². The maximum absolute atomic E-state index is 12.3. The van der Waals surface area contributed by atoms with Crippen molar-refractivity contribution in [2.45, 2.75) is 38.8 Å². The van der Waals surface area contributed by atoms with Crippen LogP contribution in [0.25, 0.3) is 16.9 Å². The average molecular weight is 411 g/mol. The highest BCUT2D eigenvalue weighted by Crippen LogP contribution is 2.20. The van der Waals surface area contributed by atoms with Crippen molar-refractivity contribution in [3.63, 3.8) is 0 Å². The molecule has 3 heterocycles. The van der Waals surface area contributed by atoms with Crippen molar-refractivity contribution in [2.75, 3.05) is 25.5 Å². The number of likely N-dealkylation sites (tertiary alicyclic amines) is 1. The van der Waals surface area contributed by atoms with E-state index < -0.39 is 5.60 Å². The molecule has 30 heavy (non-hydrogen) atoms. The van der Waals surface area contributed by atoms with Crippen LogP contribution in [0, 0.1) is 0 Å². The lowest BCUT2D eigenvalue weighted by Gasteiger charge is -2.24. The lowest BCUT2D eigenvalue weighted by Crippen LogP contribution is -2.36. The molecule has 1 amide bonds. The molecule has 158 valence electrons. The number of rotatable bonds is 4. The first kappa shape index (κ1) is 19.9. The molecule has 1 aromatic carbocycles. The number of amides is 1. The Labute approximate surface area is 174 Å². The first-order valence-electron chi connectivity index (χ1n) is 9.80. The van der Waals surface area contributed by atoms with Crippen LogP contribution in [0.3, 0.4) is 0 Å². The summed E-state index contributed by atoms with van der Waals surface area (Å²) in [7, 11) is 1.62. The Balaban J connectivity index is 1.48. The summed E-state index contributed by atoms with van der Waals surface area (Å²) in [6, 6.07) is 7.52. The van der Waals surface area contributed by atoms with Gasteiger partial charge in [0.15, 0.2) is 11.2 Å². The Morgan fingerprint density at radius 2 is 2.00 bits per heavy atom. The van der Waals surface area contributed by atoms with E-state index in [1.807, 2.05) is 45.0 Å². The molecule has 0 bridgehead atoms. The molecule has 10 heteroatoms. The Hall–Kier alpha value is -3.43. The van der Waals surface area contributed by atoms with E-state index in [1.54, 1.807) is 22.9 Å². The van der Waals surface area contributed by atoms with Gasteiger partial charge in [0.2, 0.25) is 5.95 Å². The fraction of sp³-hybridized carbons (Fsp3) is 0.450. The molecular weight excluding hydrogens is 386 g/mol. The number of ether oxygens (including phenoxy) is 2. The smallest absolute Gasteiger partial charge is 0.410 e. The van der Waals surface area contributed by atoms with Crippen molar-refractivity contribution in [1.82, 2.24) is 29.9 Å². The number of fused-ring (bicyclic) bond motifs is 1. The summed E-state index contributed by atoms with van der Waals surface area (Å²) < 4.78 is 12.3. The number of aromatic nitrogens is 5. The fourth-order valence-corrected chi connectivity index (χ4v) is 3.25. The normalized spacial score (nSPS) is 16.7. The molecule has 1 fully saturated rings. The van der Waals surface area contributed by atoms with Gasteiger partial charge in [-0.05, 0) is 51.5 Å². The van der Waals surface area contributed by atoms with Gasteiger partial charge in [-0.15, -0.1) is 5.10 Å². The average Bonchev–Trinajstić information content (AvgIpc) is 3.34. The second-order valence-electron chi connectivity index (χ2n) is 8.16. The van der Waals surface area contributed by atoms with Crippen LogP contribution < -0.4 is 10.1 Å². The molecule has 1 atom stereocenters. The highest BCUT2D eigenvalue weighted by molar-refractivity contribution is 5.72. The van der Waals surface area contributed by atoms with E-state index in [0.717, 1.165) is 17.9 Å². The van der Waals surface area contributed by atoms with Crippen molar-refractivity contribution in [3.8, 4) is 11.4 Å². The van der Waals surface area contributed by atoms with Gasteiger partial charge in [-0.25, -0.2) is 9.78 Å². The second kappa shape index (κ2) is 7.77. The van der Waals surface area contributed by atoms with Crippen LogP contribution in [-0.2, 0) is 4.74 Å². The van der Waals surface area contributed by atoms with E-state index in [0.29, 0.717) is 30.2 Å². The Morgan fingerprint density at radius 1 is 1.23 bits per heavy atom. The molecule has 0 unspecified atom stereocenters. The highest BCUT2D eigenvalue weighted by atomic mass is 16.6. The number of nitrogens with zero attached hydrogens (tertiary/aromatic N) is 6. The largest absolute Gasteiger partial charge is 0.497 e. The minimum atomic E-state index is -0.510. The summed E-state index contributed by atoms with van der Waals surface area (Å²) in [6.07, 6.45) is 2.12. The minimum absolute atomic E-state index is 0.0419. The highest BCUT2D eigenvalue weighted by Gasteiger charge is 2.30. The van der Waals surface area contributed by atoms with Gasteiger partial charge in [0.25, 0.3) is 0 Å². The molecule has 10 nitrogen and oxygen atoms in total. The predicted molar refractivity (Wildman–Crippen MR) is 111 cm³/mol. The predicted octanol–water partition coefficient (Wildman–Crippen LogP) is 2.64. The quantitative estimate of drug-likeness (QED) is 0.698. The van der Waals surface area contributed by atoms with Crippen LogP contribution in [0.2, 0.25) is 0 Å². The van der Waals surface area contributed by atoms with Crippen LogP contribution in [0.4, 0.5) is 10.7 Å². The number of methoxy groups -OCH3 is 1. The number of benzene rings is 1. The first-order chi connectivity index (χ1) is 14.3. The van der Waals surface area contributed by atoms with Crippen LogP contribution in [0.5, 0.6) is 5.75 Å². The van der Waals surface area contributed by atoms with E-state index in [1.165, 1.54) is 0 Å². The van der Waals surface area contributed by atoms with Crippen LogP contribution in [0.15, 0.2) is 30.5 Å². The van der Waals surface area contributed by atoms with Gasteiger partial charge in [-0.2, -0.15) is 9.67 Å². The molecule has 0 spiro atoms. The summed E-state index contributed by atoms with van der Waals surface area (Å²) in [5, 5.41) is 11.6. The van der Waals surface area contributed by atoms with Crippen LogP contribution >= 0.6 is 0 Å². The summed E-state index contributed by atoms with van der Waals surface area (Å²) >= 11 is 0. The zero-order chi connectivity index (χ0) is 21.3. The van der Waals surface area contributed by atoms with Gasteiger partial charge in [-0.1, -0.05) is 5.21 Å². The summed E-state index contributed by atoms with van der Waals surface area (Å²) in [5.74, 6) is 1.23. The number of hydrogen-bond donors (Lipinski definition) is 1. The van der Waals surface area contributed by atoms with Gasteiger partial charge in [0, 0.05) is 19.1 Å². The van der Waals surface area contributed by atoms with Crippen molar-refractivity contribution < 1.29 is 14.3 Å². The lowest BCUT2D eigenvalue weighted by molar-refractivity contribution is 0.0293. The first-order valence-corrected chi connectivity index (χ1v) is 9.80. The summed E-state index contributed by atoms with van der Waals surface area (Å²) in [5.41, 5.74) is 1.50. The van der Waals surface area contributed by atoms with Gasteiger partial charge in [0.05, 0.1) is 19.0 Å². The van der Waals surface area contributed by atoms with Gasteiger partial charge < -0.3 is 19.7 Å². The van der Waals surface area contributed by atoms with E-state index in [-0.39, 0.29) is 12.1 Å². The minimum Gasteiger partial charge on any atom is -0.497 e. The van der Waals surface area contributed by atoms with Crippen molar-refractivity contribution >= 4 is 23.2 Å². The Bertz CT molecular complexity index is 1040. The molecule has 0 radical (unpaired) electrons. The number of carbonyl (C=O) groups excluding carboxylic acids is 1. The Morgan fingerprint density at radius 3 is 2.70 bits per heavy atom. The maximum atomic E-state index is 12.3. The SMILES string of the molecule is COc1ccc(-n2nnc3cnc(N[C@@H]4CCN(C(=O)OC(C)(C)C)C4)nc32)cc1. The number of nitrogens with one attached hydrogen (secondary N) is 1. The lowest BCUT2D eigenvalue weighted by atomic mass is 10.2. The fourth-order valence-electron chi connectivity index (χ4n) is 3.25. The number of hydrogen-bond acceptors (Lipinski definition) is 8. The summed E-state index contributed by atoms with van der Waals surface area (Å²) in [6.45, 7) is 6.74. The third kappa shape index (κ3) is 4.27. The molecule has 2 aromatic heterocycles. The van der Waals surface area contributed by atoms with Crippen molar-refractivity contribution in [2.24, 2.45) is 0 Å². The summed E-state index contributed by atoms with van der Waals surface area (Å²) in [4.78, 5) is 22.9. The van der Waals surface area contributed by atoms with Crippen LogP contribution in [0.1, 0.15) is 27.2 Å². The van der Waals surface area contributed by atoms with E-state index in [9.17, 15) is 4.79 Å². The molecule has 1 aliphatic rings. The monoisotopic (exact) mass is 411 g/mol. The van der Waals surface area contributed by atoms with E-state index in [2.05, 4.69) is 25.6 Å². The van der Waals surface area contributed by atoms with Crippen molar-refractivity contribution in [3.05, 3.63) is 30.5 Å². The molecule has 4 rings (SSSR count). The van der Waals surface area contributed by atoms with Gasteiger partial charge >= 0.3 is 6.09 Å². The standard InChI is InChI=1S/C20H25N7O3/c1-20(2,3)30-19(28)26-10-9-13(12-26)22-18-21-11-16-17(23-18)27(25-24-16)14-5-7-15(29-4)8-6-14/h5-8,11,13H,9-10,12H2,1-4H3,(H,21,22,23)/t13-/m1/s1. The molecule has 1 aliphatic heterocycles. The molecular formula is C20H25N7O3. The topological polar surface area (TPSA) is 107 Å². The third-order valence-electron chi connectivity index (χ3n) is 4.68. The second-order valence-corrected chi connectivity index (χ2v) is 8.16. The molecule has 0 aliphatic carbocycles. The third-order valence-corrected chi connectivity index (χ3v) is 4.68.